The number of nitrogens with one attached hydrogen (secondary N) is 1. The summed E-state index contributed by atoms with van der Waals surface area (Å²) in [7, 11) is 3.75. The van der Waals surface area contributed by atoms with E-state index < -0.39 is 0 Å². The molecule has 1 heterocycles. The maximum atomic E-state index is 5.75. The van der Waals surface area contributed by atoms with Crippen molar-refractivity contribution in [3.63, 3.8) is 0 Å². The number of nitrogen functional groups attached to an aromatic ring is 1. The standard InChI is InChI=1S/C13H27N7O/c1-5-20(6-2)13-17-11(14)16-12(18-13)15-7-8-19(3)9-10-21-4/h5-10H2,1-4H3,(H3,14,15,16,17,18). The summed E-state index contributed by atoms with van der Waals surface area (Å²) in [5.41, 5.74) is 5.75. The number of hydrogen-bond donors (Lipinski definition) is 2. The summed E-state index contributed by atoms with van der Waals surface area (Å²) in [4.78, 5) is 16.9. The van der Waals surface area contributed by atoms with Crippen LogP contribution in [0, 0.1) is 0 Å². The van der Waals surface area contributed by atoms with Crippen molar-refractivity contribution in [2.45, 2.75) is 13.8 Å². The Labute approximate surface area is 126 Å². The number of likely N-dealkylation sites (N-methyl/N-ethyl adjacent to an activating group) is 1. The summed E-state index contributed by atoms with van der Waals surface area (Å²) in [6, 6.07) is 0. The molecule has 120 valence electrons. The van der Waals surface area contributed by atoms with Gasteiger partial charge in [0.2, 0.25) is 17.8 Å². The van der Waals surface area contributed by atoms with E-state index in [0.717, 1.165) is 39.3 Å². The topological polar surface area (TPSA) is 92.4 Å². The van der Waals surface area contributed by atoms with Crippen LogP contribution in [-0.4, -0.2) is 73.3 Å². The van der Waals surface area contributed by atoms with Gasteiger partial charge in [0.15, 0.2) is 0 Å². The van der Waals surface area contributed by atoms with Crippen LogP contribution in [0.15, 0.2) is 0 Å². The molecule has 21 heavy (non-hydrogen) atoms. The Hall–Kier alpha value is -1.67. The fourth-order valence-electron chi connectivity index (χ4n) is 1.83. The van der Waals surface area contributed by atoms with E-state index in [1.165, 1.54) is 0 Å². The quantitative estimate of drug-likeness (QED) is 0.636. The zero-order valence-electron chi connectivity index (χ0n) is 13.5. The van der Waals surface area contributed by atoms with Crippen LogP contribution >= 0.6 is 0 Å². The van der Waals surface area contributed by atoms with Crippen LogP contribution in [0.1, 0.15) is 13.8 Å². The molecule has 0 unspecified atom stereocenters. The molecular formula is C13H27N7O. The minimum absolute atomic E-state index is 0.238. The van der Waals surface area contributed by atoms with Crippen molar-refractivity contribution < 1.29 is 4.74 Å². The number of rotatable bonds is 10. The second-order valence-electron chi connectivity index (χ2n) is 4.71. The maximum absolute atomic E-state index is 5.75. The molecule has 0 atom stereocenters. The third-order valence-corrected chi connectivity index (χ3v) is 3.14. The number of nitrogens with two attached hydrogens (primary N) is 1. The van der Waals surface area contributed by atoms with Crippen LogP contribution in [0.5, 0.6) is 0 Å². The highest BCUT2D eigenvalue weighted by molar-refractivity contribution is 5.41. The molecule has 0 aliphatic heterocycles. The van der Waals surface area contributed by atoms with E-state index >= 15 is 0 Å². The molecule has 1 aromatic rings. The molecule has 0 aliphatic rings. The molecule has 3 N–H and O–H groups in total. The van der Waals surface area contributed by atoms with Gasteiger partial charge in [0.25, 0.3) is 0 Å². The van der Waals surface area contributed by atoms with Gasteiger partial charge in [0.1, 0.15) is 0 Å². The summed E-state index contributed by atoms with van der Waals surface area (Å²) in [5, 5.41) is 3.18. The lowest BCUT2D eigenvalue weighted by atomic mass is 10.5. The van der Waals surface area contributed by atoms with Crippen molar-refractivity contribution in [3.05, 3.63) is 0 Å². The number of nitrogens with zero attached hydrogens (tertiary/aromatic N) is 5. The van der Waals surface area contributed by atoms with Crippen molar-refractivity contribution in [2.24, 2.45) is 0 Å². The zero-order valence-corrected chi connectivity index (χ0v) is 13.5. The number of ether oxygens (including phenoxy) is 1. The third kappa shape index (κ3) is 6.09. The van der Waals surface area contributed by atoms with Gasteiger partial charge in [-0.3, -0.25) is 0 Å². The lowest BCUT2D eigenvalue weighted by Gasteiger charge is -2.19. The van der Waals surface area contributed by atoms with Crippen molar-refractivity contribution >= 4 is 17.8 Å². The van der Waals surface area contributed by atoms with E-state index in [0.29, 0.717) is 11.9 Å². The first-order valence-electron chi connectivity index (χ1n) is 7.28. The first kappa shape index (κ1) is 17.4. The normalized spacial score (nSPS) is 10.9. The Morgan fingerprint density at radius 2 is 1.86 bits per heavy atom. The SMILES string of the molecule is CCN(CC)c1nc(N)nc(NCCN(C)CCOC)n1. The van der Waals surface area contributed by atoms with Crippen molar-refractivity contribution in [2.75, 3.05) is 69.4 Å². The van der Waals surface area contributed by atoms with Gasteiger partial charge < -0.3 is 25.6 Å². The van der Waals surface area contributed by atoms with Gasteiger partial charge >= 0.3 is 0 Å². The summed E-state index contributed by atoms with van der Waals surface area (Å²) in [6.45, 7) is 9.00. The summed E-state index contributed by atoms with van der Waals surface area (Å²) < 4.78 is 5.04. The van der Waals surface area contributed by atoms with Gasteiger partial charge in [0, 0.05) is 39.8 Å². The smallest absolute Gasteiger partial charge is 0.231 e. The molecule has 0 aromatic carbocycles. The Morgan fingerprint density at radius 3 is 2.48 bits per heavy atom. The van der Waals surface area contributed by atoms with Crippen LogP contribution in [0.4, 0.5) is 17.8 Å². The predicted molar refractivity (Wildman–Crippen MR) is 85.7 cm³/mol. The highest BCUT2D eigenvalue weighted by Gasteiger charge is 2.09. The minimum Gasteiger partial charge on any atom is -0.383 e. The lowest BCUT2D eigenvalue weighted by Crippen LogP contribution is -2.29. The van der Waals surface area contributed by atoms with E-state index in [9.17, 15) is 0 Å². The van der Waals surface area contributed by atoms with Crippen LogP contribution in [0.3, 0.4) is 0 Å². The largest absolute Gasteiger partial charge is 0.383 e. The van der Waals surface area contributed by atoms with E-state index in [4.69, 9.17) is 10.5 Å². The first-order valence-corrected chi connectivity index (χ1v) is 7.28. The molecule has 0 aliphatic carbocycles. The molecule has 0 spiro atoms. The Kier molecular flexibility index (Phi) is 7.70. The highest BCUT2D eigenvalue weighted by Crippen LogP contribution is 2.11. The van der Waals surface area contributed by atoms with Gasteiger partial charge in [-0.05, 0) is 20.9 Å². The predicted octanol–water partition coefficient (Wildman–Crippen LogP) is 0.290. The minimum atomic E-state index is 0.238. The van der Waals surface area contributed by atoms with Gasteiger partial charge in [0.05, 0.1) is 6.61 Å². The average molecular weight is 297 g/mol. The summed E-state index contributed by atoms with van der Waals surface area (Å²) in [6.07, 6.45) is 0. The van der Waals surface area contributed by atoms with Gasteiger partial charge in [-0.15, -0.1) is 0 Å². The number of anilines is 3. The summed E-state index contributed by atoms with van der Waals surface area (Å²) in [5.74, 6) is 1.37. The highest BCUT2D eigenvalue weighted by atomic mass is 16.5. The molecule has 0 fully saturated rings. The van der Waals surface area contributed by atoms with E-state index in [-0.39, 0.29) is 5.95 Å². The molecule has 0 amide bonds. The first-order chi connectivity index (χ1) is 10.1. The summed E-state index contributed by atoms with van der Waals surface area (Å²) >= 11 is 0. The molecular weight excluding hydrogens is 270 g/mol. The van der Waals surface area contributed by atoms with E-state index in [2.05, 4.69) is 39.0 Å². The van der Waals surface area contributed by atoms with Gasteiger partial charge in [-0.2, -0.15) is 15.0 Å². The van der Waals surface area contributed by atoms with Crippen LogP contribution in [0.2, 0.25) is 0 Å². The van der Waals surface area contributed by atoms with Crippen molar-refractivity contribution in [1.82, 2.24) is 19.9 Å². The number of hydrogen-bond acceptors (Lipinski definition) is 8. The van der Waals surface area contributed by atoms with Gasteiger partial charge in [-0.1, -0.05) is 0 Å². The second kappa shape index (κ2) is 9.30. The molecule has 8 nitrogen and oxygen atoms in total. The van der Waals surface area contributed by atoms with Crippen molar-refractivity contribution in [1.29, 1.82) is 0 Å². The number of methoxy groups -OCH3 is 1. The Morgan fingerprint density at radius 1 is 1.14 bits per heavy atom. The Bertz CT molecular complexity index is 412. The molecule has 0 saturated carbocycles. The lowest BCUT2D eigenvalue weighted by molar-refractivity contribution is 0.163. The fraction of sp³-hybridized carbons (Fsp3) is 0.769. The van der Waals surface area contributed by atoms with Gasteiger partial charge in [-0.25, -0.2) is 0 Å². The van der Waals surface area contributed by atoms with Crippen LogP contribution < -0.4 is 16.0 Å². The molecule has 0 saturated heterocycles. The monoisotopic (exact) mass is 297 g/mol. The van der Waals surface area contributed by atoms with Crippen LogP contribution in [-0.2, 0) is 4.74 Å². The van der Waals surface area contributed by atoms with E-state index in [1.54, 1.807) is 7.11 Å². The molecule has 8 heteroatoms. The second-order valence-corrected chi connectivity index (χ2v) is 4.71. The molecule has 0 radical (unpaired) electrons. The molecule has 1 rings (SSSR count). The molecule has 0 bridgehead atoms. The fourth-order valence-corrected chi connectivity index (χ4v) is 1.83. The Balaban J connectivity index is 2.55. The average Bonchev–Trinajstić information content (AvgIpc) is 2.46. The van der Waals surface area contributed by atoms with E-state index in [1.807, 2.05) is 11.9 Å². The maximum Gasteiger partial charge on any atom is 0.231 e. The zero-order chi connectivity index (χ0) is 15.7. The van der Waals surface area contributed by atoms with Crippen molar-refractivity contribution in [3.8, 4) is 0 Å². The molecule has 1 aromatic heterocycles. The number of aromatic nitrogens is 3. The van der Waals surface area contributed by atoms with Crippen LogP contribution in [0.25, 0.3) is 0 Å². The third-order valence-electron chi connectivity index (χ3n) is 3.14.